The summed E-state index contributed by atoms with van der Waals surface area (Å²) in [7, 11) is 3.24. The Kier molecular flexibility index (Phi) is 6.96. The maximum Gasteiger partial charge on any atom is 0.263 e. The van der Waals surface area contributed by atoms with Gasteiger partial charge < -0.3 is 24.2 Å². The summed E-state index contributed by atoms with van der Waals surface area (Å²) in [4.78, 5) is 24.2. The summed E-state index contributed by atoms with van der Waals surface area (Å²) in [6, 6.07) is 5.82. The zero-order valence-electron chi connectivity index (χ0n) is 19.7. The van der Waals surface area contributed by atoms with Crippen LogP contribution in [0.2, 0.25) is 0 Å². The van der Waals surface area contributed by atoms with Crippen molar-refractivity contribution >= 4 is 22.8 Å². The number of carbonyl (C=O) groups excluding carboxylic acids is 1. The molecule has 1 aromatic carbocycles. The number of nitrogens with one attached hydrogen (secondary N) is 1. The number of carbonyl (C=O) groups is 1. The highest BCUT2D eigenvalue weighted by molar-refractivity contribution is 5.89. The molecular formula is C24H31N5O4. The maximum atomic E-state index is 12.9. The second-order valence-electron chi connectivity index (χ2n) is 8.27. The molecule has 0 saturated carbocycles. The molecule has 3 aromatic rings. The fraction of sp³-hybridized carbons (Fsp3) is 0.500. The molecule has 1 atom stereocenters. The fourth-order valence-electron chi connectivity index (χ4n) is 4.36. The summed E-state index contributed by atoms with van der Waals surface area (Å²) >= 11 is 0. The predicted octanol–water partition coefficient (Wildman–Crippen LogP) is 3.08. The van der Waals surface area contributed by atoms with E-state index in [0.717, 1.165) is 54.7 Å². The highest BCUT2D eigenvalue weighted by Crippen LogP contribution is 2.31. The molecule has 1 amide bonds. The normalized spacial score (nSPS) is 16.1. The molecule has 3 heterocycles. The summed E-state index contributed by atoms with van der Waals surface area (Å²) in [6.07, 6.45) is 3.23. The smallest absolute Gasteiger partial charge is 0.263 e. The molecule has 1 unspecified atom stereocenters. The van der Waals surface area contributed by atoms with Crippen molar-refractivity contribution in [1.82, 2.24) is 20.4 Å². The van der Waals surface area contributed by atoms with Gasteiger partial charge in [-0.3, -0.25) is 4.79 Å². The molecule has 1 saturated heterocycles. The van der Waals surface area contributed by atoms with Gasteiger partial charge in [-0.1, -0.05) is 18.1 Å². The van der Waals surface area contributed by atoms with Crippen molar-refractivity contribution in [3.05, 3.63) is 35.3 Å². The molecule has 9 heteroatoms. The van der Waals surface area contributed by atoms with E-state index in [4.69, 9.17) is 19.0 Å². The predicted molar refractivity (Wildman–Crippen MR) is 125 cm³/mol. The van der Waals surface area contributed by atoms with Crippen LogP contribution < -0.4 is 19.7 Å². The van der Waals surface area contributed by atoms with Crippen molar-refractivity contribution in [3.63, 3.8) is 0 Å². The lowest BCUT2D eigenvalue weighted by Crippen LogP contribution is -2.44. The minimum atomic E-state index is -0.0978. The summed E-state index contributed by atoms with van der Waals surface area (Å²) in [5.41, 5.74) is 2.44. The van der Waals surface area contributed by atoms with E-state index in [2.05, 4.69) is 20.4 Å². The van der Waals surface area contributed by atoms with Gasteiger partial charge in [0.25, 0.3) is 5.71 Å². The molecule has 2 aromatic heterocycles. The van der Waals surface area contributed by atoms with E-state index in [9.17, 15) is 4.79 Å². The van der Waals surface area contributed by atoms with Crippen LogP contribution in [0.4, 0.5) is 5.82 Å². The van der Waals surface area contributed by atoms with Crippen LogP contribution in [0.1, 0.15) is 36.8 Å². The van der Waals surface area contributed by atoms with Crippen LogP contribution in [0.3, 0.4) is 0 Å². The Labute approximate surface area is 193 Å². The summed E-state index contributed by atoms with van der Waals surface area (Å²) in [5, 5.41) is 8.12. The highest BCUT2D eigenvalue weighted by atomic mass is 16.5. The van der Waals surface area contributed by atoms with Crippen molar-refractivity contribution in [2.24, 2.45) is 5.92 Å². The van der Waals surface area contributed by atoms with Gasteiger partial charge in [-0.2, -0.15) is 4.98 Å². The standard InChI is InChI=1S/C24H31N5O4/c1-5-18-21-22(26-15(2)27-24(21)33-28-18)29-12-6-7-17(14-29)23(30)25-11-10-16-8-9-19(31-3)20(13-16)32-4/h8-9,13,17H,5-7,10-12,14H2,1-4H3,(H,25,30). The van der Waals surface area contributed by atoms with Gasteiger partial charge >= 0.3 is 0 Å². The molecule has 0 radical (unpaired) electrons. The van der Waals surface area contributed by atoms with Gasteiger partial charge in [0.1, 0.15) is 17.0 Å². The minimum absolute atomic E-state index is 0.0724. The number of benzene rings is 1. The molecule has 176 valence electrons. The third-order valence-electron chi connectivity index (χ3n) is 6.09. The number of nitrogens with zero attached hydrogens (tertiary/aromatic N) is 4. The van der Waals surface area contributed by atoms with Gasteiger partial charge in [0, 0.05) is 19.6 Å². The number of amides is 1. The number of hydrogen-bond donors (Lipinski definition) is 1. The lowest BCUT2D eigenvalue weighted by atomic mass is 9.96. The van der Waals surface area contributed by atoms with E-state index >= 15 is 0 Å². The summed E-state index contributed by atoms with van der Waals surface area (Å²) < 4.78 is 16.1. The van der Waals surface area contributed by atoms with Crippen LogP contribution in [0, 0.1) is 12.8 Å². The van der Waals surface area contributed by atoms with Crippen molar-refractivity contribution in [2.45, 2.75) is 39.5 Å². The minimum Gasteiger partial charge on any atom is -0.493 e. The van der Waals surface area contributed by atoms with Crippen LogP contribution in [0.25, 0.3) is 11.1 Å². The molecule has 1 N–H and O–H groups in total. The molecule has 1 aliphatic rings. The molecule has 33 heavy (non-hydrogen) atoms. The van der Waals surface area contributed by atoms with Crippen LogP contribution in [0.5, 0.6) is 11.5 Å². The van der Waals surface area contributed by atoms with Crippen LogP contribution in [0.15, 0.2) is 22.7 Å². The highest BCUT2D eigenvalue weighted by Gasteiger charge is 2.29. The maximum absolute atomic E-state index is 12.9. The molecule has 0 spiro atoms. The number of ether oxygens (including phenoxy) is 2. The molecule has 9 nitrogen and oxygen atoms in total. The Morgan fingerprint density at radius 3 is 2.82 bits per heavy atom. The van der Waals surface area contributed by atoms with Gasteiger partial charge in [0.15, 0.2) is 11.5 Å². The zero-order valence-corrected chi connectivity index (χ0v) is 19.7. The first-order chi connectivity index (χ1) is 16.0. The topological polar surface area (TPSA) is 103 Å². The third kappa shape index (κ3) is 4.86. The van der Waals surface area contributed by atoms with E-state index in [-0.39, 0.29) is 11.8 Å². The third-order valence-corrected chi connectivity index (χ3v) is 6.09. The first-order valence-corrected chi connectivity index (χ1v) is 11.4. The number of methoxy groups -OCH3 is 2. The molecule has 4 rings (SSSR count). The first-order valence-electron chi connectivity index (χ1n) is 11.4. The summed E-state index contributed by atoms with van der Waals surface area (Å²) in [5.74, 6) is 2.82. The van der Waals surface area contributed by atoms with Gasteiger partial charge in [-0.05, 0) is 50.3 Å². The average molecular weight is 454 g/mol. The second kappa shape index (κ2) is 10.1. The number of rotatable bonds is 8. The number of piperidine rings is 1. The van der Waals surface area contributed by atoms with E-state index in [1.165, 1.54) is 0 Å². The molecule has 1 aliphatic heterocycles. The van der Waals surface area contributed by atoms with Crippen molar-refractivity contribution in [1.29, 1.82) is 0 Å². The molecular weight excluding hydrogens is 422 g/mol. The average Bonchev–Trinajstić information content (AvgIpc) is 3.26. The number of anilines is 1. The zero-order chi connectivity index (χ0) is 23.4. The Morgan fingerprint density at radius 1 is 1.24 bits per heavy atom. The Bertz CT molecular complexity index is 1130. The van der Waals surface area contributed by atoms with Gasteiger partial charge in [0.2, 0.25) is 5.91 Å². The second-order valence-corrected chi connectivity index (χ2v) is 8.27. The Hall–Kier alpha value is -3.36. The van der Waals surface area contributed by atoms with Gasteiger partial charge in [0.05, 0.1) is 25.8 Å². The molecule has 0 bridgehead atoms. The van der Waals surface area contributed by atoms with E-state index in [0.29, 0.717) is 36.1 Å². The van der Waals surface area contributed by atoms with Crippen molar-refractivity contribution < 1.29 is 18.8 Å². The van der Waals surface area contributed by atoms with Gasteiger partial charge in [-0.15, -0.1) is 0 Å². The lowest BCUT2D eigenvalue weighted by molar-refractivity contribution is -0.125. The van der Waals surface area contributed by atoms with Crippen molar-refractivity contribution in [3.8, 4) is 11.5 Å². The summed E-state index contributed by atoms with van der Waals surface area (Å²) in [6.45, 7) is 5.90. The van der Waals surface area contributed by atoms with Crippen LogP contribution in [-0.4, -0.2) is 54.9 Å². The number of fused-ring (bicyclic) bond motifs is 1. The van der Waals surface area contributed by atoms with E-state index in [1.807, 2.05) is 32.0 Å². The largest absolute Gasteiger partial charge is 0.493 e. The van der Waals surface area contributed by atoms with E-state index < -0.39 is 0 Å². The van der Waals surface area contributed by atoms with Crippen LogP contribution in [-0.2, 0) is 17.6 Å². The van der Waals surface area contributed by atoms with Crippen LogP contribution >= 0.6 is 0 Å². The molecule has 1 fully saturated rings. The number of aromatic nitrogens is 3. The Balaban J connectivity index is 1.40. The number of hydrogen-bond acceptors (Lipinski definition) is 8. The first kappa shape index (κ1) is 22.8. The van der Waals surface area contributed by atoms with E-state index in [1.54, 1.807) is 14.2 Å². The SMILES string of the molecule is CCc1noc2nc(C)nc(N3CCCC(C(=O)NCCc4ccc(OC)c(OC)c4)C3)c12. The van der Waals surface area contributed by atoms with Gasteiger partial charge in [-0.25, -0.2) is 4.98 Å². The fourth-order valence-corrected chi connectivity index (χ4v) is 4.36. The van der Waals surface area contributed by atoms with Crippen molar-refractivity contribution in [2.75, 3.05) is 38.8 Å². The quantitative estimate of drug-likeness (QED) is 0.555. The monoisotopic (exact) mass is 453 g/mol. The molecule has 0 aliphatic carbocycles. The Morgan fingerprint density at radius 2 is 2.06 bits per heavy atom. The lowest BCUT2D eigenvalue weighted by Gasteiger charge is -2.33. The number of aryl methyl sites for hydroxylation is 2.